The summed E-state index contributed by atoms with van der Waals surface area (Å²) in [5.41, 5.74) is 0.488. The van der Waals surface area contributed by atoms with Crippen molar-refractivity contribution in [3.8, 4) is 0 Å². The molecule has 3 atom stereocenters. The number of hydrogen-bond donors (Lipinski definition) is 0. The Bertz CT molecular complexity index is 250. The summed E-state index contributed by atoms with van der Waals surface area (Å²) in [6.45, 7) is 11.8. The SMILES string of the molecule is CC(C)C1CCCC(C(C)(C)C2CCOC2)CC1. The highest BCUT2D eigenvalue weighted by Gasteiger charge is 2.39. The second kappa shape index (κ2) is 5.94. The number of ether oxygens (including phenoxy) is 1. The van der Waals surface area contributed by atoms with E-state index in [4.69, 9.17) is 4.74 Å². The third-order valence-corrected chi connectivity index (χ3v) is 5.99. The Morgan fingerprint density at radius 1 is 0.944 bits per heavy atom. The molecule has 0 aromatic rings. The van der Waals surface area contributed by atoms with Crippen LogP contribution in [-0.4, -0.2) is 13.2 Å². The van der Waals surface area contributed by atoms with E-state index in [1.807, 2.05) is 0 Å². The van der Waals surface area contributed by atoms with E-state index in [9.17, 15) is 0 Å². The molecular weight excluding hydrogens is 220 g/mol. The van der Waals surface area contributed by atoms with Crippen molar-refractivity contribution in [2.75, 3.05) is 13.2 Å². The molecule has 0 aromatic heterocycles. The van der Waals surface area contributed by atoms with Gasteiger partial charge in [-0.25, -0.2) is 0 Å². The minimum Gasteiger partial charge on any atom is -0.381 e. The molecule has 1 heteroatoms. The van der Waals surface area contributed by atoms with Crippen LogP contribution in [0.15, 0.2) is 0 Å². The van der Waals surface area contributed by atoms with Gasteiger partial charge in [-0.3, -0.25) is 0 Å². The highest BCUT2D eigenvalue weighted by Crippen LogP contribution is 2.46. The largest absolute Gasteiger partial charge is 0.381 e. The monoisotopic (exact) mass is 252 g/mol. The number of hydrogen-bond acceptors (Lipinski definition) is 1. The van der Waals surface area contributed by atoms with Crippen LogP contribution in [0.3, 0.4) is 0 Å². The molecule has 0 amide bonds. The van der Waals surface area contributed by atoms with E-state index < -0.39 is 0 Å². The summed E-state index contributed by atoms with van der Waals surface area (Å²) < 4.78 is 5.62. The Morgan fingerprint density at radius 3 is 2.33 bits per heavy atom. The molecule has 18 heavy (non-hydrogen) atoms. The molecule has 2 fully saturated rings. The van der Waals surface area contributed by atoms with Crippen LogP contribution >= 0.6 is 0 Å². The second-order valence-electron chi connectivity index (χ2n) is 7.59. The van der Waals surface area contributed by atoms with Crippen molar-refractivity contribution in [1.29, 1.82) is 0 Å². The van der Waals surface area contributed by atoms with Crippen LogP contribution in [0, 0.1) is 29.1 Å². The predicted molar refractivity (Wildman–Crippen MR) is 77.6 cm³/mol. The molecule has 0 N–H and O–H groups in total. The standard InChI is InChI=1S/C17H32O/c1-13(2)14-6-5-7-15(9-8-14)17(3,4)16-10-11-18-12-16/h13-16H,5-12H2,1-4H3. The quantitative estimate of drug-likeness (QED) is 0.649. The molecule has 3 unspecified atom stereocenters. The molecule has 1 aliphatic heterocycles. The van der Waals surface area contributed by atoms with Crippen molar-refractivity contribution in [2.45, 2.75) is 66.2 Å². The lowest BCUT2D eigenvalue weighted by molar-refractivity contribution is 0.0812. The molecule has 106 valence electrons. The van der Waals surface area contributed by atoms with Gasteiger partial charge in [0.15, 0.2) is 0 Å². The van der Waals surface area contributed by atoms with Gasteiger partial charge in [0.2, 0.25) is 0 Å². The zero-order valence-electron chi connectivity index (χ0n) is 12.9. The number of rotatable bonds is 3. The smallest absolute Gasteiger partial charge is 0.0500 e. The minimum absolute atomic E-state index is 0.488. The van der Waals surface area contributed by atoms with E-state index in [0.29, 0.717) is 5.41 Å². The molecule has 0 bridgehead atoms. The van der Waals surface area contributed by atoms with Crippen molar-refractivity contribution >= 4 is 0 Å². The Balaban J connectivity index is 1.95. The Kier molecular flexibility index (Phi) is 4.75. The molecule has 1 aliphatic carbocycles. The van der Waals surface area contributed by atoms with Gasteiger partial charge in [-0.2, -0.15) is 0 Å². The van der Waals surface area contributed by atoms with Crippen LogP contribution in [0.2, 0.25) is 0 Å². The van der Waals surface area contributed by atoms with Crippen LogP contribution in [0.5, 0.6) is 0 Å². The third kappa shape index (κ3) is 3.10. The third-order valence-electron chi connectivity index (χ3n) is 5.99. The topological polar surface area (TPSA) is 9.23 Å². The summed E-state index contributed by atoms with van der Waals surface area (Å²) in [7, 11) is 0. The summed E-state index contributed by atoms with van der Waals surface area (Å²) in [4.78, 5) is 0. The van der Waals surface area contributed by atoms with Crippen molar-refractivity contribution in [3.05, 3.63) is 0 Å². The summed E-state index contributed by atoms with van der Waals surface area (Å²) >= 11 is 0. The highest BCUT2D eigenvalue weighted by molar-refractivity contribution is 4.89. The molecule has 2 aliphatic rings. The molecule has 1 saturated heterocycles. The average Bonchev–Trinajstić information content (AvgIpc) is 2.73. The maximum absolute atomic E-state index is 5.62. The van der Waals surface area contributed by atoms with Crippen molar-refractivity contribution < 1.29 is 4.74 Å². The van der Waals surface area contributed by atoms with Crippen molar-refractivity contribution in [2.24, 2.45) is 29.1 Å². The van der Waals surface area contributed by atoms with Gasteiger partial charge in [-0.15, -0.1) is 0 Å². The zero-order chi connectivity index (χ0) is 13.2. The lowest BCUT2D eigenvalue weighted by Crippen LogP contribution is -2.33. The maximum Gasteiger partial charge on any atom is 0.0500 e. The van der Waals surface area contributed by atoms with Crippen LogP contribution in [0.4, 0.5) is 0 Å². The molecule has 2 rings (SSSR count). The maximum atomic E-state index is 5.62. The van der Waals surface area contributed by atoms with Gasteiger partial charge in [0.25, 0.3) is 0 Å². The van der Waals surface area contributed by atoms with Gasteiger partial charge in [0.05, 0.1) is 0 Å². The van der Waals surface area contributed by atoms with E-state index in [1.165, 1.54) is 38.5 Å². The average molecular weight is 252 g/mol. The van der Waals surface area contributed by atoms with E-state index in [1.54, 1.807) is 0 Å². The van der Waals surface area contributed by atoms with E-state index in [2.05, 4.69) is 27.7 Å². The Labute approximate surface area is 114 Å². The molecular formula is C17H32O. The van der Waals surface area contributed by atoms with E-state index >= 15 is 0 Å². The zero-order valence-corrected chi connectivity index (χ0v) is 12.9. The van der Waals surface area contributed by atoms with Crippen LogP contribution in [-0.2, 0) is 4.74 Å². The van der Waals surface area contributed by atoms with Gasteiger partial charge in [0.1, 0.15) is 0 Å². The fourth-order valence-corrected chi connectivity index (χ4v) is 4.20. The molecule has 0 aromatic carbocycles. The molecule has 1 saturated carbocycles. The van der Waals surface area contributed by atoms with E-state index in [-0.39, 0.29) is 0 Å². The first kappa shape index (κ1) is 14.4. The molecule has 0 radical (unpaired) electrons. The normalized spacial score (nSPS) is 34.8. The lowest BCUT2D eigenvalue weighted by Gasteiger charge is -2.39. The van der Waals surface area contributed by atoms with E-state index in [0.717, 1.165) is 36.9 Å². The fourth-order valence-electron chi connectivity index (χ4n) is 4.20. The highest BCUT2D eigenvalue weighted by atomic mass is 16.5. The fraction of sp³-hybridized carbons (Fsp3) is 1.00. The second-order valence-corrected chi connectivity index (χ2v) is 7.59. The van der Waals surface area contributed by atoms with Gasteiger partial charge in [0, 0.05) is 13.2 Å². The summed E-state index contributed by atoms with van der Waals surface area (Å²) in [6, 6.07) is 0. The van der Waals surface area contributed by atoms with Crippen molar-refractivity contribution in [1.82, 2.24) is 0 Å². The van der Waals surface area contributed by atoms with Crippen molar-refractivity contribution in [3.63, 3.8) is 0 Å². The predicted octanol–water partition coefficient (Wildman–Crippen LogP) is 4.90. The summed E-state index contributed by atoms with van der Waals surface area (Å²) in [6.07, 6.45) is 8.56. The minimum atomic E-state index is 0.488. The first-order chi connectivity index (χ1) is 8.51. The Morgan fingerprint density at radius 2 is 1.72 bits per heavy atom. The van der Waals surface area contributed by atoms with Gasteiger partial charge >= 0.3 is 0 Å². The van der Waals surface area contributed by atoms with Crippen LogP contribution < -0.4 is 0 Å². The lowest BCUT2D eigenvalue weighted by atomic mass is 9.66. The Hall–Kier alpha value is -0.0400. The summed E-state index contributed by atoms with van der Waals surface area (Å²) in [5.74, 6) is 3.58. The van der Waals surface area contributed by atoms with Gasteiger partial charge in [-0.1, -0.05) is 40.5 Å². The molecule has 1 heterocycles. The van der Waals surface area contributed by atoms with Crippen LogP contribution in [0.1, 0.15) is 66.2 Å². The van der Waals surface area contributed by atoms with Gasteiger partial charge < -0.3 is 4.74 Å². The van der Waals surface area contributed by atoms with Gasteiger partial charge in [-0.05, 0) is 54.8 Å². The first-order valence-corrected chi connectivity index (χ1v) is 8.09. The first-order valence-electron chi connectivity index (χ1n) is 8.09. The summed E-state index contributed by atoms with van der Waals surface area (Å²) in [5, 5.41) is 0. The molecule has 1 nitrogen and oxygen atoms in total. The molecule has 0 spiro atoms. The van der Waals surface area contributed by atoms with Crippen LogP contribution in [0.25, 0.3) is 0 Å².